The third-order valence-electron chi connectivity index (χ3n) is 3.95. The van der Waals surface area contributed by atoms with Crippen molar-refractivity contribution in [1.82, 2.24) is 0 Å². The van der Waals surface area contributed by atoms with Gasteiger partial charge in [0.25, 0.3) is 0 Å². The van der Waals surface area contributed by atoms with Crippen LogP contribution in [0.5, 0.6) is 0 Å². The molecule has 0 unspecified atom stereocenters. The summed E-state index contributed by atoms with van der Waals surface area (Å²) in [6.45, 7) is 6.79. The first kappa shape index (κ1) is 15.8. The molecule has 0 aliphatic heterocycles. The summed E-state index contributed by atoms with van der Waals surface area (Å²) in [6, 6.07) is 18.1. The van der Waals surface area contributed by atoms with Gasteiger partial charge in [0.1, 0.15) is 0 Å². The Labute approximate surface area is 130 Å². The molecule has 0 atom stereocenters. The van der Waals surface area contributed by atoms with Crippen LogP contribution in [0.2, 0.25) is 0 Å². The molecule has 0 nitrogen and oxygen atoms in total. The van der Waals surface area contributed by atoms with Crippen molar-refractivity contribution < 1.29 is 0 Å². The van der Waals surface area contributed by atoms with Crippen molar-refractivity contribution in [3.8, 4) is 11.1 Å². The second-order valence-electron chi connectivity index (χ2n) is 6.45. The Hall–Kier alpha value is -1.56. The summed E-state index contributed by atoms with van der Waals surface area (Å²) in [5, 5.41) is 0. The van der Waals surface area contributed by atoms with E-state index in [-0.39, 0.29) is 0 Å². The topological polar surface area (TPSA) is 0 Å². The van der Waals surface area contributed by atoms with E-state index in [9.17, 15) is 0 Å². The first-order valence-electron chi connectivity index (χ1n) is 8.37. The molecule has 0 bridgehead atoms. The number of rotatable bonds is 7. The molecule has 0 aromatic heterocycles. The van der Waals surface area contributed by atoms with E-state index in [1.807, 2.05) is 0 Å². The molecule has 2 aromatic carbocycles. The molecular formula is C21H28. The van der Waals surface area contributed by atoms with E-state index in [1.165, 1.54) is 47.9 Å². The lowest BCUT2D eigenvalue weighted by Crippen LogP contribution is -1.93. The Bertz CT molecular complexity index is 517. The third kappa shape index (κ3) is 5.04. The van der Waals surface area contributed by atoms with E-state index < -0.39 is 0 Å². The molecule has 0 heteroatoms. The van der Waals surface area contributed by atoms with Gasteiger partial charge < -0.3 is 0 Å². The first-order chi connectivity index (χ1) is 10.2. The highest BCUT2D eigenvalue weighted by atomic mass is 14.1. The van der Waals surface area contributed by atoms with Crippen LogP contribution < -0.4 is 0 Å². The molecule has 0 saturated heterocycles. The maximum Gasteiger partial charge on any atom is -0.0184 e. The van der Waals surface area contributed by atoms with Crippen LogP contribution in [-0.4, -0.2) is 0 Å². The smallest absolute Gasteiger partial charge is 0.0184 e. The fraction of sp³-hybridized carbons (Fsp3) is 0.429. The van der Waals surface area contributed by atoms with E-state index >= 15 is 0 Å². The predicted octanol–water partition coefficient (Wildman–Crippen LogP) is 6.28. The minimum atomic E-state index is 0.721. The zero-order valence-corrected chi connectivity index (χ0v) is 13.7. The van der Waals surface area contributed by atoms with Crippen molar-refractivity contribution in [2.24, 2.45) is 5.92 Å². The highest BCUT2D eigenvalue weighted by Gasteiger charge is 2.01. The van der Waals surface area contributed by atoms with Gasteiger partial charge in [0, 0.05) is 0 Å². The molecule has 0 fully saturated rings. The average Bonchev–Trinajstić information content (AvgIpc) is 2.49. The lowest BCUT2D eigenvalue weighted by Gasteiger charge is -2.08. The quantitative estimate of drug-likeness (QED) is 0.523. The predicted molar refractivity (Wildman–Crippen MR) is 93.6 cm³/mol. The van der Waals surface area contributed by atoms with Crippen LogP contribution in [0, 0.1) is 5.92 Å². The molecule has 0 saturated carbocycles. The molecule has 0 spiro atoms. The number of hydrogen-bond acceptors (Lipinski definition) is 0. The van der Waals surface area contributed by atoms with Gasteiger partial charge in [-0.15, -0.1) is 0 Å². The first-order valence-corrected chi connectivity index (χ1v) is 8.37. The monoisotopic (exact) mass is 280 g/mol. The summed E-state index contributed by atoms with van der Waals surface area (Å²) < 4.78 is 0. The molecule has 0 heterocycles. The Morgan fingerprint density at radius 3 is 1.71 bits per heavy atom. The zero-order valence-electron chi connectivity index (χ0n) is 13.7. The summed E-state index contributed by atoms with van der Waals surface area (Å²) in [4.78, 5) is 0. The van der Waals surface area contributed by atoms with Gasteiger partial charge in [0.2, 0.25) is 0 Å². The molecular weight excluding hydrogens is 252 g/mol. The second-order valence-corrected chi connectivity index (χ2v) is 6.45. The Morgan fingerprint density at radius 1 is 0.714 bits per heavy atom. The maximum atomic E-state index is 2.28. The minimum absolute atomic E-state index is 0.721. The van der Waals surface area contributed by atoms with Crippen molar-refractivity contribution in [2.75, 3.05) is 0 Å². The van der Waals surface area contributed by atoms with E-state index in [1.54, 1.807) is 0 Å². The lowest BCUT2D eigenvalue weighted by molar-refractivity contribution is 0.647. The van der Waals surface area contributed by atoms with Crippen molar-refractivity contribution in [1.29, 1.82) is 0 Å². The summed E-state index contributed by atoms with van der Waals surface area (Å²) in [7, 11) is 0. The Balaban J connectivity index is 2.01. The zero-order chi connectivity index (χ0) is 15.1. The molecule has 0 radical (unpaired) electrons. The highest BCUT2D eigenvalue weighted by molar-refractivity contribution is 5.63. The van der Waals surface area contributed by atoms with Crippen molar-refractivity contribution in [2.45, 2.75) is 52.9 Å². The summed E-state index contributed by atoms with van der Waals surface area (Å²) in [5.41, 5.74) is 5.54. The normalized spacial score (nSPS) is 11.0. The second kappa shape index (κ2) is 8.02. The van der Waals surface area contributed by atoms with Crippen LogP contribution in [0.15, 0.2) is 48.5 Å². The van der Waals surface area contributed by atoms with Gasteiger partial charge in [-0.3, -0.25) is 0 Å². The summed E-state index contributed by atoms with van der Waals surface area (Å²) in [6.07, 6.45) is 6.30. The van der Waals surface area contributed by atoms with Crippen molar-refractivity contribution in [3.05, 3.63) is 59.7 Å². The van der Waals surface area contributed by atoms with Gasteiger partial charge in [0.05, 0.1) is 0 Å². The number of benzene rings is 2. The number of aryl methyl sites for hydroxylation is 1. The van der Waals surface area contributed by atoms with Crippen LogP contribution >= 0.6 is 0 Å². The van der Waals surface area contributed by atoms with Crippen LogP contribution in [0.3, 0.4) is 0 Å². The van der Waals surface area contributed by atoms with E-state index in [0.717, 1.165) is 12.3 Å². The van der Waals surface area contributed by atoms with Gasteiger partial charge in [0.15, 0.2) is 0 Å². The van der Waals surface area contributed by atoms with Gasteiger partial charge in [-0.25, -0.2) is 0 Å². The SMILES string of the molecule is CCCCCc1ccc(-c2ccc(CC(C)C)cc2)cc1. The molecule has 0 aliphatic carbocycles. The fourth-order valence-electron chi connectivity index (χ4n) is 2.75. The molecule has 112 valence electrons. The number of hydrogen-bond donors (Lipinski definition) is 0. The summed E-state index contributed by atoms with van der Waals surface area (Å²) in [5.74, 6) is 0.721. The minimum Gasteiger partial charge on any atom is -0.0654 e. The Morgan fingerprint density at radius 2 is 1.24 bits per heavy atom. The van der Waals surface area contributed by atoms with Crippen molar-refractivity contribution >= 4 is 0 Å². The number of unbranched alkanes of at least 4 members (excludes halogenated alkanes) is 2. The van der Waals surface area contributed by atoms with Crippen molar-refractivity contribution in [3.63, 3.8) is 0 Å². The van der Waals surface area contributed by atoms with Gasteiger partial charge in [-0.2, -0.15) is 0 Å². The van der Waals surface area contributed by atoms with E-state index in [4.69, 9.17) is 0 Å². The summed E-state index contributed by atoms with van der Waals surface area (Å²) >= 11 is 0. The van der Waals surface area contributed by atoms with Gasteiger partial charge >= 0.3 is 0 Å². The van der Waals surface area contributed by atoms with E-state index in [0.29, 0.717) is 0 Å². The average molecular weight is 280 g/mol. The molecule has 0 amide bonds. The standard InChI is InChI=1S/C21H28/c1-4-5-6-7-18-8-12-20(13-9-18)21-14-10-19(11-15-21)16-17(2)3/h8-15,17H,4-7,16H2,1-3H3. The third-order valence-corrected chi connectivity index (χ3v) is 3.95. The van der Waals surface area contributed by atoms with Crippen LogP contribution in [0.25, 0.3) is 11.1 Å². The van der Waals surface area contributed by atoms with Crippen LogP contribution in [0.4, 0.5) is 0 Å². The van der Waals surface area contributed by atoms with Gasteiger partial charge in [-0.05, 0) is 47.4 Å². The van der Waals surface area contributed by atoms with Gasteiger partial charge in [-0.1, -0.05) is 82.1 Å². The van der Waals surface area contributed by atoms with Crippen LogP contribution in [-0.2, 0) is 12.8 Å². The molecule has 21 heavy (non-hydrogen) atoms. The lowest BCUT2D eigenvalue weighted by atomic mass is 9.98. The van der Waals surface area contributed by atoms with Crippen LogP contribution in [0.1, 0.15) is 51.2 Å². The maximum absolute atomic E-state index is 2.28. The molecule has 2 aromatic rings. The molecule has 2 rings (SSSR count). The largest absolute Gasteiger partial charge is 0.0654 e. The molecule has 0 N–H and O–H groups in total. The molecule has 0 aliphatic rings. The highest BCUT2D eigenvalue weighted by Crippen LogP contribution is 2.22. The Kier molecular flexibility index (Phi) is 6.04. The van der Waals surface area contributed by atoms with E-state index in [2.05, 4.69) is 69.3 Å². The fourth-order valence-corrected chi connectivity index (χ4v) is 2.75.